The van der Waals surface area contributed by atoms with E-state index in [0.29, 0.717) is 11.8 Å². The maximum atomic E-state index is 11.2. The van der Waals surface area contributed by atoms with Crippen molar-refractivity contribution in [1.82, 2.24) is 14.5 Å². The molecule has 0 radical (unpaired) electrons. The fraction of sp³-hybridized carbons (Fsp3) is 0.824. The molecule has 1 aromatic rings. The predicted molar refractivity (Wildman–Crippen MR) is 85.6 cm³/mol. The first-order valence-corrected chi connectivity index (χ1v) is 8.58. The SMILES string of the molecule is C[C@@H]1CN(CCc2nccn2C)CC[C@@]1(O)C1CCOCC1. The Balaban J connectivity index is 1.54. The van der Waals surface area contributed by atoms with Gasteiger partial charge in [-0.2, -0.15) is 0 Å². The first-order chi connectivity index (χ1) is 10.6. The molecular weight excluding hydrogens is 278 g/mol. The van der Waals surface area contributed by atoms with E-state index in [1.54, 1.807) is 0 Å². The molecule has 124 valence electrons. The van der Waals surface area contributed by atoms with E-state index in [-0.39, 0.29) is 0 Å². The molecule has 0 unspecified atom stereocenters. The van der Waals surface area contributed by atoms with Crippen LogP contribution in [0.5, 0.6) is 0 Å². The van der Waals surface area contributed by atoms with Gasteiger partial charge in [-0.15, -0.1) is 0 Å². The number of imidazole rings is 1. The minimum absolute atomic E-state index is 0.325. The Morgan fingerprint density at radius 2 is 2.18 bits per heavy atom. The number of aliphatic hydroxyl groups is 1. The van der Waals surface area contributed by atoms with Crippen molar-refractivity contribution in [3.63, 3.8) is 0 Å². The predicted octanol–water partition coefficient (Wildman–Crippen LogP) is 1.46. The van der Waals surface area contributed by atoms with Gasteiger partial charge >= 0.3 is 0 Å². The minimum Gasteiger partial charge on any atom is -0.389 e. The van der Waals surface area contributed by atoms with Gasteiger partial charge in [0.15, 0.2) is 0 Å². The quantitative estimate of drug-likeness (QED) is 0.915. The summed E-state index contributed by atoms with van der Waals surface area (Å²) in [6, 6.07) is 0. The summed E-state index contributed by atoms with van der Waals surface area (Å²) in [5.41, 5.74) is -0.497. The lowest BCUT2D eigenvalue weighted by atomic mass is 9.70. The number of aromatic nitrogens is 2. The molecule has 0 amide bonds. The zero-order valence-electron chi connectivity index (χ0n) is 13.9. The molecule has 5 heteroatoms. The molecule has 3 rings (SSSR count). The van der Waals surface area contributed by atoms with E-state index in [1.807, 2.05) is 19.4 Å². The lowest BCUT2D eigenvalue weighted by Crippen LogP contribution is -2.56. The lowest BCUT2D eigenvalue weighted by molar-refractivity contribution is -0.130. The molecule has 0 saturated carbocycles. The molecule has 0 aromatic carbocycles. The third-order valence-electron chi connectivity index (χ3n) is 5.71. The third kappa shape index (κ3) is 3.21. The van der Waals surface area contributed by atoms with Gasteiger partial charge in [-0.3, -0.25) is 0 Å². The van der Waals surface area contributed by atoms with Gasteiger partial charge in [0.05, 0.1) is 5.60 Å². The van der Waals surface area contributed by atoms with Crippen LogP contribution < -0.4 is 0 Å². The van der Waals surface area contributed by atoms with Crippen molar-refractivity contribution >= 4 is 0 Å². The molecule has 0 bridgehead atoms. The van der Waals surface area contributed by atoms with Crippen molar-refractivity contribution < 1.29 is 9.84 Å². The van der Waals surface area contributed by atoms with Crippen LogP contribution in [0.3, 0.4) is 0 Å². The van der Waals surface area contributed by atoms with E-state index in [0.717, 1.165) is 64.4 Å². The molecule has 2 atom stereocenters. The van der Waals surface area contributed by atoms with Gasteiger partial charge in [0.2, 0.25) is 0 Å². The highest BCUT2D eigenvalue weighted by Gasteiger charge is 2.45. The van der Waals surface area contributed by atoms with E-state index in [1.165, 1.54) is 0 Å². The highest BCUT2D eigenvalue weighted by atomic mass is 16.5. The summed E-state index contributed by atoms with van der Waals surface area (Å²) in [7, 11) is 2.05. The van der Waals surface area contributed by atoms with Crippen LogP contribution in [-0.4, -0.2) is 58.0 Å². The first-order valence-electron chi connectivity index (χ1n) is 8.58. The molecule has 2 aliphatic heterocycles. The Bertz CT molecular complexity index is 484. The van der Waals surface area contributed by atoms with Crippen molar-refractivity contribution in [3.05, 3.63) is 18.2 Å². The smallest absolute Gasteiger partial charge is 0.109 e. The van der Waals surface area contributed by atoms with Crippen molar-refractivity contribution in [2.24, 2.45) is 18.9 Å². The molecule has 1 N–H and O–H groups in total. The first kappa shape index (κ1) is 16.0. The van der Waals surface area contributed by atoms with E-state index >= 15 is 0 Å². The number of rotatable bonds is 4. The normalized spacial score (nSPS) is 31.5. The van der Waals surface area contributed by atoms with Crippen LogP contribution in [0.4, 0.5) is 0 Å². The number of hydrogen-bond acceptors (Lipinski definition) is 4. The van der Waals surface area contributed by atoms with Crippen LogP contribution in [-0.2, 0) is 18.2 Å². The molecule has 1 aromatic heterocycles. The molecule has 0 aliphatic carbocycles. The maximum absolute atomic E-state index is 11.2. The molecule has 2 fully saturated rings. The summed E-state index contributed by atoms with van der Waals surface area (Å²) in [6.45, 7) is 6.83. The van der Waals surface area contributed by atoms with E-state index in [2.05, 4.69) is 21.4 Å². The standard InChI is InChI=1S/C17H29N3O2/c1-14-13-20(8-3-16-18-7-10-19(16)2)9-6-17(14,21)15-4-11-22-12-5-15/h7,10,14-15,21H,3-6,8-9,11-13H2,1-2H3/t14-,17+/m1/s1. The number of likely N-dealkylation sites (tertiary alicyclic amines) is 1. The van der Waals surface area contributed by atoms with Crippen molar-refractivity contribution in [2.75, 3.05) is 32.8 Å². The van der Waals surface area contributed by atoms with E-state index in [4.69, 9.17) is 4.74 Å². The topological polar surface area (TPSA) is 50.5 Å². The minimum atomic E-state index is -0.497. The van der Waals surface area contributed by atoms with E-state index < -0.39 is 5.60 Å². The number of piperidine rings is 1. The number of ether oxygens (including phenoxy) is 1. The highest BCUT2D eigenvalue weighted by Crippen LogP contribution is 2.39. The fourth-order valence-corrected chi connectivity index (χ4v) is 4.12. The van der Waals surface area contributed by atoms with Crippen LogP contribution in [0.1, 0.15) is 32.0 Å². The Hall–Kier alpha value is -0.910. The fourth-order valence-electron chi connectivity index (χ4n) is 4.12. The van der Waals surface area contributed by atoms with Gasteiger partial charge in [-0.05, 0) is 31.1 Å². The number of hydrogen-bond donors (Lipinski definition) is 1. The average molecular weight is 307 g/mol. The largest absolute Gasteiger partial charge is 0.389 e. The van der Waals surface area contributed by atoms with Gasteiger partial charge in [-0.1, -0.05) is 6.92 Å². The van der Waals surface area contributed by atoms with Crippen LogP contribution in [0.25, 0.3) is 0 Å². The second-order valence-corrected chi connectivity index (χ2v) is 7.03. The Morgan fingerprint density at radius 3 is 2.82 bits per heavy atom. The van der Waals surface area contributed by atoms with Gasteiger partial charge in [0, 0.05) is 58.7 Å². The highest BCUT2D eigenvalue weighted by molar-refractivity contribution is 4.98. The molecule has 2 aliphatic rings. The summed E-state index contributed by atoms with van der Waals surface area (Å²) in [6.07, 6.45) is 7.74. The second-order valence-electron chi connectivity index (χ2n) is 7.03. The summed E-state index contributed by atoms with van der Waals surface area (Å²) < 4.78 is 7.54. The maximum Gasteiger partial charge on any atom is 0.109 e. The molecule has 5 nitrogen and oxygen atoms in total. The number of aryl methyl sites for hydroxylation is 1. The Labute approximate surface area is 133 Å². The van der Waals surface area contributed by atoms with Crippen molar-refractivity contribution in [1.29, 1.82) is 0 Å². The number of nitrogens with zero attached hydrogens (tertiary/aromatic N) is 3. The molecule has 3 heterocycles. The van der Waals surface area contributed by atoms with Crippen LogP contribution in [0.15, 0.2) is 12.4 Å². The van der Waals surface area contributed by atoms with Crippen molar-refractivity contribution in [2.45, 2.75) is 38.2 Å². The Morgan fingerprint density at radius 1 is 1.41 bits per heavy atom. The zero-order chi connectivity index (χ0) is 15.6. The summed E-state index contributed by atoms with van der Waals surface area (Å²) in [5, 5.41) is 11.2. The van der Waals surface area contributed by atoms with Crippen LogP contribution >= 0.6 is 0 Å². The molecule has 22 heavy (non-hydrogen) atoms. The Kier molecular flexibility index (Phi) is 4.85. The van der Waals surface area contributed by atoms with E-state index in [9.17, 15) is 5.11 Å². The summed E-state index contributed by atoms with van der Waals surface area (Å²) in [5.74, 6) is 1.87. The summed E-state index contributed by atoms with van der Waals surface area (Å²) >= 11 is 0. The zero-order valence-corrected chi connectivity index (χ0v) is 13.9. The van der Waals surface area contributed by atoms with Crippen LogP contribution in [0, 0.1) is 11.8 Å². The average Bonchev–Trinajstić information content (AvgIpc) is 2.95. The second kappa shape index (κ2) is 6.69. The van der Waals surface area contributed by atoms with Gasteiger partial charge in [0.1, 0.15) is 5.82 Å². The van der Waals surface area contributed by atoms with Crippen molar-refractivity contribution in [3.8, 4) is 0 Å². The molecular formula is C17H29N3O2. The molecule has 0 spiro atoms. The molecule has 2 saturated heterocycles. The van der Waals surface area contributed by atoms with Gasteiger partial charge in [-0.25, -0.2) is 4.98 Å². The summed E-state index contributed by atoms with van der Waals surface area (Å²) in [4.78, 5) is 6.87. The van der Waals surface area contributed by atoms with Crippen LogP contribution in [0.2, 0.25) is 0 Å². The van der Waals surface area contributed by atoms with Gasteiger partial charge < -0.3 is 19.3 Å². The monoisotopic (exact) mass is 307 g/mol. The van der Waals surface area contributed by atoms with Gasteiger partial charge in [0.25, 0.3) is 0 Å². The lowest BCUT2D eigenvalue weighted by Gasteiger charge is -2.48. The third-order valence-corrected chi connectivity index (χ3v) is 5.71.